The highest BCUT2D eigenvalue weighted by atomic mass is 35.5. The van der Waals surface area contributed by atoms with Crippen LogP contribution in [0.4, 0.5) is 0 Å². The summed E-state index contributed by atoms with van der Waals surface area (Å²) >= 11 is 5.92. The molecule has 1 atom stereocenters. The van der Waals surface area contributed by atoms with Crippen LogP contribution in [-0.2, 0) is 12.8 Å². The van der Waals surface area contributed by atoms with Gasteiger partial charge in [-0.2, -0.15) is 0 Å². The van der Waals surface area contributed by atoms with Crippen LogP contribution in [0.25, 0.3) is 0 Å². The Morgan fingerprint density at radius 2 is 2.36 bits per heavy atom. The maximum absolute atomic E-state index is 5.92. The fourth-order valence-corrected chi connectivity index (χ4v) is 2.21. The maximum Gasteiger partial charge on any atom is 0.133 e. The van der Waals surface area contributed by atoms with Gasteiger partial charge in [0, 0.05) is 17.3 Å². The first kappa shape index (κ1) is 9.78. The fourth-order valence-electron chi connectivity index (χ4n) is 2.01. The summed E-state index contributed by atoms with van der Waals surface area (Å²) in [7, 11) is 1.68. The van der Waals surface area contributed by atoms with E-state index in [1.54, 1.807) is 13.2 Å². The van der Waals surface area contributed by atoms with Crippen molar-refractivity contribution in [2.75, 3.05) is 7.11 Å². The lowest BCUT2D eigenvalue weighted by Crippen LogP contribution is -2.14. The molecular weight excluding hydrogens is 198 g/mol. The number of halogens is 1. The minimum atomic E-state index is 0.537. The van der Waals surface area contributed by atoms with E-state index in [2.05, 4.69) is 11.9 Å². The summed E-state index contributed by atoms with van der Waals surface area (Å²) in [6.07, 6.45) is 3.29. The average molecular weight is 212 g/mol. The summed E-state index contributed by atoms with van der Waals surface area (Å²) in [6, 6.07) is 1.80. The molecule has 0 bridgehead atoms. The number of ether oxygens (including phenoxy) is 1. The zero-order valence-corrected chi connectivity index (χ0v) is 9.27. The highest BCUT2D eigenvalue weighted by Gasteiger charge is 2.20. The molecule has 0 radical (unpaired) electrons. The summed E-state index contributed by atoms with van der Waals surface area (Å²) in [4.78, 5) is 4.36. The Labute approximate surface area is 89.3 Å². The second kappa shape index (κ2) is 3.77. The molecule has 2 rings (SSSR count). The van der Waals surface area contributed by atoms with Crippen LogP contribution in [0, 0.1) is 5.92 Å². The van der Waals surface area contributed by atoms with Gasteiger partial charge < -0.3 is 4.74 Å². The van der Waals surface area contributed by atoms with E-state index in [9.17, 15) is 0 Å². The summed E-state index contributed by atoms with van der Waals surface area (Å²) in [5.74, 6) is 1.60. The van der Waals surface area contributed by atoms with Crippen molar-refractivity contribution in [1.29, 1.82) is 0 Å². The van der Waals surface area contributed by atoms with E-state index in [0.717, 1.165) is 24.3 Å². The number of nitrogens with zero attached hydrogens (tertiary/aromatic N) is 1. The van der Waals surface area contributed by atoms with Gasteiger partial charge in [-0.25, -0.2) is 4.98 Å². The van der Waals surface area contributed by atoms with Crippen molar-refractivity contribution in [2.24, 2.45) is 5.92 Å². The maximum atomic E-state index is 5.92. The first-order chi connectivity index (χ1) is 6.70. The topological polar surface area (TPSA) is 22.1 Å². The molecule has 0 aromatic carbocycles. The molecule has 0 fully saturated rings. The van der Waals surface area contributed by atoms with Crippen LogP contribution in [-0.4, -0.2) is 12.1 Å². The standard InChI is InChI=1S/C11H14ClNO/c1-7-3-4-8-9(5-7)13-11(12)6-10(8)14-2/h6-7H,3-5H2,1-2H3. The molecule has 1 aliphatic carbocycles. The van der Waals surface area contributed by atoms with Crippen molar-refractivity contribution >= 4 is 11.6 Å². The van der Waals surface area contributed by atoms with Crippen molar-refractivity contribution < 1.29 is 4.74 Å². The first-order valence-electron chi connectivity index (χ1n) is 4.93. The lowest BCUT2D eigenvalue weighted by molar-refractivity contribution is 0.397. The summed E-state index contributed by atoms with van der Waals surface area (Å²) in [5, 5.41) is 0.537. The normalized spacial score (nSPS) is 20.4. The van der Waals surface area contributed by atoms with Gasteiger partial charge in [-0.05, 0) is 25.2 Å². The van der Waals surface area contributed by atoms with Crippen LogP contribution < -0.4 is 4.74 Å². The molecule has 0 spiro atoms. The van der Waals surface area contributed by atoms with Crippen molar-refractivity contribution in [2.45, 2.75) is 26.2 Å². The van der Waals surface area contributed by atoms with Gasteiger partial charge in [0.05, 0.1) is 7.11 Å². The monoisotopic (exact) mass is 211 g/mol. The minimum Gasteiger partial charge on any atom is -0.496 e. The summed E-state index contributed by atoms with van der Waals surface area (Å²) in [5.41, 5.74) is 2.36. The van der Waals surface area contributed by atoms with Crippen molar-refractivity contribution in [3.63, 3.8) is 0 Å². The van der Waals surface area contributed by atoms with E-state index in [0.29, 0.717) is 11.1 Å². The molecule has 1 aromatic heterocycles. The molecule has 1 aromatic rings. The molecule has 76 valence electrons. The van der Waals surface area contributed by atoms with Gasteiger partial charge in [0.2, 0.25) is 0 Å². The molecule has 2 nitrogen and oxygen atoms in total. The van der Waals surface area contributed by atoms with Crippen LogP contribution in [0.5, 0.6) is 5.75 Å². The number of pyridine rings is 1. The third-order valence-electron chi connectivity index (χ3n) is 2.79. The molecule has 0 N–H and O–H groups in total. The van der Waals surface area contributed by atoms with Gasteiger partial charge >= 0.3 is 0 Å². The van der Waals surface area contributed by atoms with Gasteiger partial charge in [0.1, 0.15) is 10.9 Å². The Morgan fingerprint density at radius 3 is 3.07 bits per heavy atom. The third kappa shape index (κ3) is 1.71. The van der Waals surface area contributed by atoms with E-state index < -0.39 is 0 Å². The molecular formula is C11H14ClNO. The van der Waals surface area contributed by atoms with Crippen molar-refractivity contribution in [1.82, 2.24) is 4.98 Å². The number of rotatable bonds is 1. The highest BCUT2D eigenvalue weighted by Crippen LogP contribution is 2.32. The molecule has 14 heavy (non-hydrogen) atoms. The number of hydrogen-bond donors (Lipinski definition) is 0. The largest absolute Gasteiger partial charge is 0.496 e. The van der Waals surface area contributed by atoms with Crippen LogP contribution >= 0.6 is 11.6 Å². The third-order valence-corrected chi connectivity index (χ3v) is 2.98. The van der Waals surface area contributed by atoms with Crippen LogP contribution in [0.2, 0.25) is 5.15 Å². The Bertz CT molecular complexity index is 351. The van der Waals surface area contributed by atoms with Crippen LogP contribution in [0.1, 0.15) is 24.6 Å². The minimum absolute atomic E-state index is 0.537. The molecule has 1 heterocycles. The van der Waals surface area contributed by atoms with Crippen molar-refractivity contribution in [3.05, 3.63) is 22.5 Å². The fraction of sp³-hybridized carbons (Fsp3) is 0.545. The van der Waals surface area contributed by atoms with Gasteiger partial charge in [0.15, 0.2) is 0 Å². The molecule has 1 unspecified atom stereocenters. The summed E-state index contributed by atoms with van der Waals surface area (Å²) in [6.45, 7) is 2.25. The zero-order chi connectivity index (χ0) is 10.1. The first-order valence-corrected chi connectivity index (χ1v) is 5.30. The van der Waals surface area contributed by atoms with E-state index in [-0.39, 0.29) is 0 Å². The second-order valence-electron chi connectivity index (χ2n) is 3.92. The predicted molar refractivity (Wildman–Crippen MR) is 57.0 cm³/mol. The second-order valence-corrected chi connectivity index (χ2v) is 4.31. The molecule has 1 aliphatic rings. The van der Waals surface area contributed by atoms with Gasteiger partial charge in [-0.1, -0.05) is 18.5 Å². The van der Waals surface area contributed by atoms with E-state index >= 15 is 0 Å². The van der Waals surface area contributed by atoms with E-state index in [1.165, 1.54) is 12.0 Å². The number of aromatic nitrogens is 1. The summed E-state index contributed by atoms with van der Waals surface area (Å²) < 4.78 is 5.30. The Hall–Kier alpha value is -0.760. The van der Waals surface area contributed by atoms with E-state index in [1.807, 2.05) is 0 Å². The molecule has 3 heteroatoms. The lowest BCUT2D eigenvalue weighted by atomic mass is 9.88. The van der Waals surface area contributed by atoms with Crippen molar-refractivity contribution in [3.8, 4) is 5.75 Å². The average Bonchev–Trinajstić information content (AvgIpc) is 2.15. The van der Waals surface area contributed by atoms with Crippen LogP contribution in [0.3, 0.4) is 0 Å². The van der Waals surface area contributed by atoms with Gasteiger partial charge in [-0.15, -0.1) is 0 Å². The lowest BCUT2D eigenvalue weighted by Gasteiger charge is -2.22. The highest BCUT2D eigenvalue weighted by molar-refractivity contribution is 6.29. The Balaban J connectivity index is 2.46. The van der Waals surface area contributed by atoms with Gasteiger partial charge in [-0.3, -0.25) is 0 Å². The predicted octanol–water partition coefficient (Wildman–Crippen LogP) is 2.87. The molecule has 0 aliphatic heterocycles. The van der Waals surface area contributed by atoms with E-state index in [4.69, 9.17) is 16.3 Å². The Morgan fingerprint density at radius 1 is 1.57 bits per heavy atom. The number of methoxy groups -OCH3 is 1. The molecule has 0 saturated heterocycles. The Kier molecular flexibility index (Phi) is 2.64. The number of hydrogen-bond acceptors (Lipinski definition) is 2. The SMILES string of the molecule is COc1cc(Cl)nc2c1CCC(C)C2. The smallest absolute Gasteiger partial charge is 0.133 e. The number of fused-ring (bicyclic) bond motifs is 1. The molecule has 0 saturated carbocycles. The quantitative estimate of drug-likeness (QED) is 0.667. The zero-order valence-electron chi connectivity index (χ0n) is 8.51. The molecule has 0 amide bonds. The van der Waals surface area contributed by atoms with Crippen LogP contribution in [0.15, 0.2) is 6.07 Å². The van der Waals surface area contributed by atoms with Gasteiger partial charge in [0.25, 0.3) is 0 Å².